The van der Waals surface area contributed by atoms with Crippen molar-refractivity contribution < 1.29 is 23.5 Å². The number of carbonyl (C=O) groups is 2. The molecule has 0 N–H and O–H groups in total. The fraction of sp³-hybridized carbons (Fsp3) is 0.130. The Kier molecular flexibility index (Phi) is 5.84. The average Bonchev–Trinajstić information content (AvgIpc) is 2.69. The van der Waals surface area contributed by atoms with Gasteiger partial charge in [-0.25, -0.2) is 9.18 Å². The molecule has 28 heavy (non-hydrogen) atoms. The van der Waals surface area contributed by atoms with Crippen molar-refractivity contribution in [3.63, 3.8) is 0 Å². The van der Waals surface area contributed by atoms with E-state index >= 15 is 0 Å². The van der Waals surface area contributed by atoms with Gasteiger partial charge >= 0.3 is 5.97 Å². The Balaban J connectivity index is 1.59. The number of ketones is 1. The van der Waals surface area contributed by atoms with E-state index in [9.17, 15) is 14.0 Å². The molecule has 0 atom stereocenters. The van der Waals surface area contributed by atoms with Gasteiger partial charge in [0.1, 0.15) is 17.3 Å². The molecule has 0 aliphatic heterocycles. The monoisotopic (exact) mass is 378 g/mol. The SMILES string of the molecule is Cc1ccc(C)c(OCC(=O)Oc2ccc(C(=O)c3ccc(F)cc3)cc2)c1. The highest BCUT2D eigenvalue weighted by atomic mass is 19.1. The minimum atomic E-state index is -0.543. The highest BCUT2D eigenvalue weighted by molar-refractivity contribution is 6.09. The largest absolute Gasteiger partial charge is 0.482 e. The van der Waals surface area contributed by atoms with Gasteiger partial charge in [0.05, 0.1) is 0 Å². The number of carbonyl (C=O) groups excluding carboxylic acids is 2. The lowest BCUT2D eigenvalue weighted by Crippen LogP contribution is -2.18. The molecule has 0 heterocycles. The van der Waals surface area contributed by atoms with Crippen LogP contribution in [0.5, 0.6) is 11.5 Å². The minimum absolute atomic E-state index is 0.222. The van der Waals surface area contributed by atoms with Crippen LogP contribution < -0.4 is 9.47 Å². The standard InChI is InChI=1S/C23H19FO4/c1-15-3-4-16(2)21(13-15)27-14-22(25)28-20-11-7-18(8-12-20)23(26)17-5-9-19(24)10-6-17/h3-13H,14H2,1-2H3. The quantitative estimate of drug-likeness (QED) is 0.356. The fourth-order valence-corrected chi connectivity index (χ4v) is 2.60. The summed E-state index contributed by atoms with van der Waals surface area (Å²) in [7, 11) is 0. The summed E-state index contributed by atoms with van der Waals surface area (Å²) >= 11 is 0. The third-order valence-electron chi connectivity index (χ3n) is 4.14. The molecule has 0 radical (unpaired) electrons. The molecule has 0 aliphatic rings. The Morgan fingerprint density at radius 3 is 2.11 bits per heavy atom. The van der Waals surface area contributed by atoms with Crippen molar-refractivity contribution >= 4 is 11.8 Å². The lowest BCUT2D eigenvalue weighted by Gasteiger charge is -2.10. The van der Waals surface area contributed by atoms with E-state index < -0.39 is 11.8 Å². The predicted octanol–water partition coefficient (Wildman–Crippen LogP) is 4.66. The van der Waals surface area contributed by atoms with Crippen LogP contribution >= 0.6 is 0 Å². The van der Waals surface area contributed by atoms with E-state index in [2.05, 4.69) is 0 Å². The normalized spacial score (nSPS) is 10.4. The molecule has 5 heteroatoms. The van der Waals surface area contributed by atoms with Gasteiger partial charge in [-0.05, 0) is 79.6 Å². The molecule has 142 valence electrons. The Hall–Kier alpha value is -3.47. The lowest BCUT2D eigenvalue weighted by atomic mass is 10.0. The van der Waals surface area contributed by atoms with Crippen molar-refractivity contribution in [1.82, 2.24) is 0 Å². The zero-order valence-corrected chi connectivity index (χ0v) is 15.6. The number of aryl methyl sites for hydroxylation is 2. The zero-order valence-electron chi connectivity index (χ0n) is 15.6. The molecule has 3 aromatic carbocycles. The summed E-state index contributed by atoms with van der Waals surface area (Å²) in [6, 6.07) is 17.3. The van der Waals surface area contributed by atoms with E-state index in [1.165, 1.54) is 36.4 Å². The Morgan fingerprint density at radius 1 is 0.857 bits per heavy atom. The number of benzene rings is 3. The predicted molar refractivity (Wildman–Crippen MR) is 103 cm³/mol. The lowest BCUT2D eigenvalue weighted by molar-refractivity contribution is -0.136. The second-order valence-electron chi connectivity index (χ2n) is 6.39. The van der Waals surface area contributed by atoms with E-state index in [0.29, 0.717) is 22.6 Å². The second kappa shape index (κ2) is 8.48. The fourth-order valence-electron chi connectivity index (χ4n) is 2.60. The Morgan fingerprint density at radius 2 is 1.46 bits per heavy atom. The highest BCUT2D eigenvalue weighted by Gasteiger charge is 2.11. The first-order chi connectivity index (χ1) is 13.4. The molecule has 0 aliphatic carbocycles. The van der Waals surface area contributed by atoms with E-state index in [-0.39, 0.29) is 12.4 Å². The van der Waals surface area contributed by atoms with E-state index in [1.807, 2.05) is 32.0 Å². The molecule has 4 nitrogen and oxygen atoms in total. The molecular formula is C23H19FO4. The summed E-state index contributed by atoms with van der Waals surface area (Å²) in [5.41, 5.74) is 2.77. The van der Waals surface area contributed by atoms with Gasteiger partial charge in [-0.2, -0.15) is 0 Å². The van der Waals surface area contributed by atoms with Crippen LogP contribution in [-0.2, 0) is 4.79 Å². The van der Waals surface area contributed by atoms with Crippen molar-refractivity contribution in [2.45, 2.75) is 13.8 Å². The second-order valence-corrected chi connectivity index (χ2v) is 6.39. The first kappa shape index (κ1) is 19.3. The third-order valence-corrected chi connectivity index (χ3v) is 4.14. The molecule has 0 saturated carbocycles. The number of halogens is 1. The van der Waals surface area contributed by atoms with Crippen LogP contribution in [-0.4, -0.2) is 18.4 Å². The van der Waals surface area contributed by atoms with E-state index in [1.54, 1.807) is 12.1 Å². The van der Waals surface area contributed by atoms with Gasteiger partial charge in [-0.1, -0.05) is 12.1 Å². The number of hydrogen-bond donors (Lipinski definition) is 0. The Labute approximate surface area is 162 Å². The van der Waals surface area contributed by atoms with Gasteiger partial charge in [0.25, 0.3) is 0 Å². The zero-order chi connectivity index (χ0) is 20.1. The Bertz CT molecular complexity index is 992. The van der Waals surface area contributed by atoms with Crippen LogP contribution in [0.1, 0.15) is 27.0 Å². The summed E-state index contributed by atoms with van der Waals surface area (Å²) in [5.74, 6) is -0.237. The minimum Gasteiger partial charge on any atom is -0.482 e. The van der Waals surface area contributed by atoms with Crippen molar-refractivity contribution in [1.29, 1.82) is 0 Å². The van der Waals surface area contributed by atoms with Crippen LogP contribution in [0.4, 0.5) is 4.39 Å². The smallest absolute Gasteiger partial charge is 0.349 e. The molecule has 0 fully saturated rings. The maximum Gasteiger partial charge on any atom is 0.349 e. The molecule has 3 aromatic rings. The average molecular weight is 378 g/mol. The summed E-state index contributed by atoms with van der Waals surface area (Å²) in [6.07, 6.45) is 0. The number of hydrogen-bond acceptors (Lipinski definition) is 4. The van der Waals surface area contributed by atoms with Gasteiger partial charge in [-0.15, -0.1) is 0 Å². The van der Waals surface area contributed by atoms with Crippen molar-refractivity contribution in [2.75, 3.05) is 6.61 Å². The first-order valence-corrected chi connectivity index (χ1v) is 8.73. The van der Waals surface area contributed by atoms with Gasteiger partial charge in [0.2, 0.25) is 0 Å². The molecule has 3 rings (SSSR count). The van der Waals surface area contributed by atoms with Crippen molar-refractivity contribution in [3.05, 3.63) is 94.8 Å². The molecule has 0 amide bonds. The number of ether oxygens (including phenoxy) is 2. The summed E-state index contributed by atoms with van der Waals surface area (Å²) in [5, 5.41) is 0. The van der Waals surface area contributed by atoms with Crippen LogP contribution in [0, 0.1) is 19.7 Å². The van der Waals surface area contributed by atoms with Crippen LogP contribution in [0.25, 0.3) is 0 Å². The van der Waals surface area contributed by atoms with Crippen LogP contribution in [0.2, 0.25) is 0 Å². The summed E-state index contributed by atoms with van der Waals surface area (Å²) in [4.78, 5) is 24.4. The van der Waals surface area contributed by atoms with Gasteiger partial charge in [-0.3, -0.25) is 4.79 Å². The number of esters is 1. The molecule has 0 saturated heterocycles. The number of rotatable bonds is 6. The molecule has 0 spiro atoms. The van der Waals surface area contributed by atoms with Crippen LogP contribution in [0.15, 0.2) is 66.7 Å². The maximum absolute atomic E-state index is 13.0. The van der Waals surface area contributed by atoms with E-state index in [4.69, 9.17) is 9.47 Å². The van der Waals surface area contributed by atoms with Crippen molar-refractivity contribution in [3.8, 4) is 11.5 Å². The topological polar surface area (TPSA) is 52.6 Å². The van der Waals surface area contributed by atoms with Gasteiger partial charge in [0.15, 0.2) is 12.4 Å². The molecular weight excluding hydrogens is 359 g/mol. The van der Waals surface area contributed by atoms with Gasteiger partial charge < -0.3 is 9.47 Å². The van der Waals surface area contributed by atoms with Crippen molar-refractivity contribution in [2.24, 2.45) is 0 Å². The van der Waals surface area contributed by atoms with Crippen LogP contribution in [0.3, 0.4) is 0 Å². The maximum atomic E-state index is 13.0. The molecule has 0 bridgehead atoms. The first-order valence-electron chi connectivity index (χ1n) is 8.73. The third kappa shape index (κ3) is 4.82. The molecule has 0 aromatic heterocycles. The summed E-state index contributed by atoms with van der Waals surface area (Å²) < 4.78 is 23.7. The van der Waals surface area contributed by atoms with E-state index in [0.717, 1.165) is 11.1 Å². The highest BCUT2D eigenvalue weighted by Crippen LogP contribution is 2.20. The molecule has 0 unspecified atom stereocenters. The van der Waals surface area contributed by atoms with Gasteiger partial charge in [0, 0.05) is 11.1 Å². The summed E-state index contributed by atoms with van der Waals surface area (Å²) in [6.45, 7) is 3.62.